The molecule has 0 aliphatic rings. The Morgan fingerprint density at radius 2 is 1.81 bits per heavy atom. The van der Waals surface area contributed by atoms with Gasteiger partial charge in [-0.3, -0.25) is 25.4 Å². The quantitative estimate of drug-likeness (QED) is 0.624. The van der Waals surface area contributed by atoms with Crippen molar-refractivity contribution in [3.8, 4) is 5.75 Å². The summed E-state index contributed by atoms with van der Waals surface area (Å²) in [7, 11) is 0. The van der Waals surface area contributed by atoms with E-state index in [0.717, 1.165) is 0 Å². The number of para-hydroxylation sites is 1. The Morgan fingerprint density at radius 1 is 1.04 bits per heavy atom. The number of hydrogen-bond acceptors (Lipinski definition) is 5. The van der Waals surface area contributed by atoms with E-state index in [1.54, 1.807) is 18.3 Å². The highest BCUT2D eigenvalue weighted by Crippen LogP contribution is 2.14. The number of benzene rings is 1. The molecule has 2 amide bonds. The van der Waals surface area contributed by atoms with Gasteiger partial charge in [0.2, 0.25) is 0 Å². The normalized spacial score (nSPS) is 10.2. The van der Waals surface area contributed by atoms with Crippen LogP contribution in [-0.2, 0) is 6.61 Å². The minimum absolute atomic E-state index is 0.0596. The number of carbonyl (C=O) groups excluding carboxylic acids is 2. The first kappa shape index (κ1) is 17.7. The topological polar surface area (TPSA) is 93.5 Å². The Labute approximate surface area is 157 Å². The van der Waals surface area contributed by atoms with Crippen LogP contribution in [0.15, 0.2) is 69.8 Å². The maximum atomic E-state index is 12.0. The highest BCUT2D eigenvalue weighted by molar-refractivity contribution is 9.10. The lowest BCUT2D eigenvalue weighted by molar-refractivity contribution is 0.0828. The van der Waals surface area contributed by atoms with Gasteiger partial charge >= 0.3 is 5.91 Å². The summed E-state index contributed by atoms with van der Waals surface area (Å²) in [4.78, 5) is 27.9. The highest BCUT2D eigenvalue weighted by atomic mass is 79.9. The van der Waals surface area contributed by atoms with Crippen LogP contribution in [0.4, 0.5) is 0 Å². The zero-order valence-electron chi connectivity index (χ0n) is 13.4. The number of amides is 2. The average Bonchev–Trinajstić information content (AvgIpc) is 3.14. The van der Waals surface area contributed by atoms with E-state index in [0.29, 0.717) is 21.5 Å². The molecule has 26 heavy (non-hydrogen) atoms. The smallest absolute Gasteiger partial charge is 0.305 e. The number of halogens is 1. The van der Waals surface area contributed by atoms with Gasteiger partial charge in [0.15, 0.2) is 5.76 Å². The molecule has 0 unspecified atom stereocenters. The van der Waals surface area contributed by atoms with Gasteiger partial charge in [0.05, 0.1) is 5.56 Å². The monoisotopic (exact) mass is 415 g/mol. The Hall–Kier alpha value is -3.13. The Kier molecular flexibility index (Phi) is 5.65. The van der Waals surface area contributed by atoms with Crippen molar-refractivity contribution < 1.29 is 18.7 Å². The number of carbonyl (C=O) groups is 2. The maximum absolute atomic E-state index is 12.0. The summed E-state index contributed by atoms with van der Waals surface area (Å²) in [6.07, 6.45) is 2.94. The van der Waals surface area contributed by atoms with Gasteiger partial charge < -0.3 is 9.15 Å². The zero-order chi connectivity index (χ0) is 18.4. The molecule has 0 atom stereocenters. The van der Waals surface area contributed by atoms with Gasteiger partial charge in [-0.15, -0.1) is 0 Å². The molecule has 7 nitrogen and oxygen atoms in total. The minimum Gasteiger partial charge on any atom is -0.486 e. The highest BCUT2D eigenvalue weighted by Gasteiger charge is 2.13. The molecule has 2 heterocycles. The molecular formula is C18H14BrN3O4. The van der Waals surface area contributed by atoms with Crippen LogP contribution in [0.2, 0.25) is 0 Å². The third-order valence-electron chi connectivity index (χ3n) is 3.27. The number of nitrogens with zero attached hydrogens (tertiary/aromatic N) is 1. The van der Waals surface area contributed by atoms with Crippen LogP contribution >= 0.6 is 15.9 Å². The lowest BCUT2D eigenvalue weighted by atomic mass is 10.3. The van der Waals surface area contributed by atoms with Crippen LogP contribution in [0.25, 0.3) is 0 Å². The van der Waals surface area contributed by atoms with E-state index in [1.165, 1.54) is 12.3 Å². The predicted molar refractivity (Wildman–Crippen MR) is 96.4 cm³/mol. The van der Waals surface area contributed by atoms with Crippen molar-refractivity contribution in [2.75, 3.05) is 0 Å². The van der Waals surface area contributed by atoms with E-state index in [-0.39, 0.29) is 12.4 Å². The van der Waals surface area contributed by atoms with E-state index in [2.05, 4.69) is 31.8 Å². The largest absolute Gasteiger partial charge is 0.486 e. The second-order valence-electron chi connectivity index (χ2n) is 5.17. The average molecular weight is 416 g/mol. The SMILES string of the molecule is O=C(NNC(=O)c1ccc(COc2ccccc2)o1)c1cncc(Br)c1. The second kappa shape index (κ2) is 8.30. The van der Waals surface area contributed by atoms with Crippen LogP contribution in [0, 0.1) is 0 Å². The van der Waals surface area contributed by atoms with Crippen molar-refractivity contribution in [3.05, 3.63) is 82.5 Å². The lowest BCUT2D eigenvalue weighted by Gasteiger charge is -2.06. The summed E-state index contributed by atoms with van der Waals surface area (Å²) in [5.74, 6) is 0.175. The molecule has 0 saturated carbocycles. The summed E-state index contributed by atoms with van der Waals surface area (Å²) in [6.45, 7) is 0.188. The van der Waals surface area contributed by atoms with Crippen molar-refractivity contribution in [2.24, 2.45) is 0 Å². The molecule has 3 rings (SSSR count). The summed E-state index contributed by atoms with van der Waals surface area (Å²) < 4.78 is 11.6. The van der Waals surface area contributed by atoms with E-state index < -0.39 is 11.8 Å². The summed E-state index contributed by atoms with van der Waals surface area (Å²) in [5, 5.41) is 0. The summed E-state index contributed by atoms with van der Waals surface area (Å²) >= 11 is 3.22. The fourth-order valence-electron chi connectivity index (χ4n) is 2.03. The van der Waals surface area contributed by atoms with Gasteiger partial charge in [0, 0.05) is 16.9 Å². The van der Waals surface area contributed by atoms with Gasteiger partial charge in [-0.2, -0.15) is 0 Å². The molecule has 132 valence electrons. The van der Waals surface area contributed by atoms with Gasteiger partial charge in [-0.1, -0.05) is 18.2 Å². The first-order valence-corrected chi connectivity index (χ1v) is 8.39. The first-order valence-electron chi connectivity index (χ1n) is 7.59. The molecule has 0 radical (unpaired) electrons. The third kappa shape index (κ3) is 4.70. The number of rotatable bonds is 5. The van der Waals surface area contributed by atoms with Crippen LogP contribution < -0.4 is 15.6 Å². The molecule has 0 aliphatic heterocycles. The van der Waals surface area contributed by atoms with Crippen molar-refractivity contribution in [1.29, 1.82) is 0 Å². The summed E-state index contributed by atoms with van der Waals surface area (Å²) in [6, 6.07) is 14.0. The third-order valence-corrected chi connectivity index (χ3v) is 3.70. The number of aromatic nitrogens is 1. The molecule has 1 aromatic carbocycles. The molecule has 0 saturated heterocycles. The number of pyridine rings is 1. The standard InChI is InChI=1S/C18H14BrN3O4/c19-13-8-12(9-20-10-13)17(23)21-22-18(24)16-7-6-15(26-16)11-25-14-4-2-1-3-5-14/h1-10H,11H2,(H,21,23)(H,22,24). The Balaban J connectivity index is 1.52. The number of hydrogen-bond donors (Lipinski definition) is 2. The Bertz CT molecular complexity index is 912. The molecule has 0 spiro atoms. The predicted octanol–water partition coefficient (Wildman–Crippen LogP) is 3.09. The lowest BCUT2D eigenvalue weighted by Crippen LogP contribution is -2.41. The fourth-order valence-corrected chi connectivity index (χ4v) is 2.40. The molecule has 2 N–H and O–H groups in total. The van der Waals surface area contributed by atoms with Crippen molar-refractivity contribution in [3.63, 3.8) is 0 Å². The van der Waals surface area contributed by atoms with Crippen LogP contribution in [-0.4, -0.2) is 16.8 Å². The zero-order valence-corrected chi connectivity index (χ0v) is 15.0. The first-order chi connectivity index (χ1) is 12.6. The molecular weight excluding hydrogens is 402 g/mol. The van der Waals surface area contributed by atoms with Gasteiger partial charge in [-0.05, 0) is 46.3 Å². The molecule has 0 aliphatic carbocycles. The van der Waals surface area contributed by atoms with Crippen LogP contribution in [0.5, 0.6) is 5.75 Å². The van der Waals surface area contributed by atoms with E-state index >= 15 is 0 Å². The second-order valence-corrected chi connectivity index (χ2v) is 6.08. The molecule has 8 heteroatoms. The van der Waals surface area contributed by atoms with Gasteiger partial charge in [0.1, 0.15) is 18.1 Å². The van der Waals surface area contributed by atoms with Crippen molar-refractivity contribution in [2.45, 2.75) is 6.61 Å². The van der Waals surface area contributed by atoms with E-state index in [1.807, 2.05) is 30.3 Å². The minimum atomic E-state index is -0.577. The molecule has 2 aromatic heterocycles. The van der Waals surface area contributed by atoms with Gasteiger partial charge in [-0.25, -0.2) is 0 Å². The summed E-state index contributed by atoms with van der Waals surface area (Å²) in [5.41, 5.74) is 4.89. The number of hydrazine groups is 1. The van der Waals surface area contributed by atoms with Crippen molar-refractivity contribution >= 4 is 27.7 Å². The van der Waals surface area contributed by atoms with Crippen molar-refractivity contribution in [1.82, 2.24) is 15.8 Å². The maximum Gasteiger partial charge on any atom is 0.305 e. The molecule has 0 bridgehead atoms. The van der Waals surface area contributed by atoms with Crippen LogP contribution in [0.3, 0.4) is 0 Å². The number of furan rings is 1. The van der Waals surface area contributed by atoms with Gasteiger partial charge in [0.25, 0.3) is 5.91 Å². The molecule has 0 fully saturated rings. The van der Waals surface area contributed by atoms with E-state index in [4.69, 9.17) is 9.15 Å². The Morgan fingerprint density at radius 3 is 2.58 bits per heavy atom. The van der Waals surface area contributed by atoms with Crippen LogP contribution in [0.1, 0.15) is 26.7 Å². The molecule has 3 aromatic rings. The van der Waals surface area contributed by atoms with E-state index in [9.17, 15) is 9.59 Å². The number of ether oxygens (including phenoxy) is 1. The number of nitrogens with one attached hydrogen (secondary N) is 2. The fraction of sp³-hybridized carbons (Fsp3) is 0.0556.